The first-order valence-electron chi connectivity index (χ1n) is 7.34. The van der Waals surface area contributed by atoms with E-state index in [0.717, 1.165) is 27.7 Å². The van der Waals surface area contributed by atoms with Gasteiger partial charge in [-0.05, 0) is 47.9 Å². The van der Waals surface area contributed by atoms with E-state index in [2.05, 4.69) is 22.0 Å². The van der Waals surface area contributed by atoms with Gasteiger partial charge in [-0.2, -0.15) is 0 Å². The minimum absolute atomic E-state index is 0.100. The van der Waals surface area contributed by atoms with E-state index >= 15 is 0 Å². The first kappa shape index (κ1) is 15.7. The molecule has 1 aliphatic heterocycles. The number of fused-ring (bicyclic) bond motifs is 1. The number of hydrogen-bond acceptors (Lipinski definition) is 3. The standard InChI is InChI=1S/C18H16BrNO3/c1-23-18(22)14-4-2-3-12(9-14)11-20-16-7-6-15(19)10-13(16)5-8-17(20)21/h2-4,6-7,9-10H,5,8,11H2,1H3. The van der Waals surface area contributed by atoms with Crippen molar-refractivity contribution in [3.05, 3.63) is 63.6 Å². The summed E-state index contributed by atoms with van der Waals surface area (Å²) in [4.78, 5) is 25.8. The number of benzene rings is 2. The molecule has 0 aromatic heterocycles. The number of halogens is 1. The summed E-state index contributed by atoms with van der Waals surface area (Å²) in [5.41, 5.74) is 3.48. The van der Waals surface area contributed by atoms with Crippen molar-refractivity contribution in [3.8, 4) is 0 Å². The van der Waals surface area contributed by atoms with Crippen molar-refractivity contribution in [2.24, 2.45) is 0 Å². The number of amides is 1. The third kappa shape index (κ3) is 3.29. The molecular weight excluding hydrogens is 358 g/mol. The third-order valence-corrected chi connectivity index (χ3v) is 4.42. The Balaban J connectivity index is 1.91. The molecule has 0 saturated carbocycles. The number of carbonyl (C=O) groups is 2. The molecule has 1 heterocycles. The lowest BCUT2D eigenvalue weighted by molar-refractivity contribution is -0.119. The van der Waals surface area contributed by atoms with Crippen LogP contribution in [0.4, 0.5) is 5.69 Å². The molecule has 1 aliphatic rings. The maximum Gasteiger partial charge on any atom is 0.337 e. The van der Waals surface area contributed by atoms with Gasteiger partial charge in [0.1, 0.15) is 0 Å². The first-order chi connectivity index (χ1) is 11.1. The van der Waals surface area contributed by atoms with E-state index < -0.39 is 0 Å². The van der Waals surface area contributed by atoms with E-state index in [4.69, 9.17) is 4.74 Å². The number of aryl methyl sites for hydroxylation is 1. The van der Waals surface area contributed by atoms with Crippen LogP contribution in [0.15, 0.2) is 46.9 Å². The van der Waals surface area contributed by atoms with Crippen molar-refractivity contribution >= 4 is 33.5 Å². The van der Waals surface area contributed by atoms with Gasteiger partial charge in [-0.3, -0.25) is 4.79 Å². The maximum atomic E-state index is 12.3. The Bertz CT molecular complexity index is 773. The topological polar surface area (TPSA) is 46.6 Å². The average Bonchev–Trinajstić information content (AvgIpc) is 2.57. The van der Waals surface area contributed by atoms with Crippen LogP contribution in [0.1, 0.15) is 27.9 Å². The molecule has 5 heteroatoms. The second kappa shape index (κ2) is 6.54. The highest BCUT2D eigenvalue weighted by molar-refractivity contribution is 9.10. The van der Waals surface area contributed by atoms with Crippen molar-refractivity contribution in [1.29, 1.82) is 0 Å². The molecule has 0 N–H and O–H groups in total. The molecule has 0 aliphatic carbocycles. The molecule has 0 bridgehead atoms. The average molecular weight is 374 g/mol. The molecule has 0 fully saturated rings. The molecule has 3 rings (SSSR count). The molecule has 118 valence electrons. The first-order valence-corrected chi connectivity index (χ1v) is 8.14. The fourth-order valence-corrected chi connectivity index (χ4v) is 3.21. The van der Waals surface area contributed by atoms with Crippen LogP contribution in [0.2, 0.25) is 0 Å². The molecule has 2 aromatic carbocycles. The number of carbonyl (C=O) groups excluding carboxylic acids is 2. The van der Waals surface area contributed by atoms with Crippen molar-refractivity contribution in [2.45, 2.75) is 19.4 Å². The van der Waals surface area contributed by atoms with Crippen molar-refractivity contribution in [3.63, 3.8) is 0 Å². The fraction of sp³-hybridized carbons (Fsp3) is 0.222. The highest BCUT2D eigenvalue weighted by Crippen LogP contribution is 2.31. The Morgan fingerprint density at radius 2 is 2.04 bits per heavy atom. The van der Waals surface area contributed by atoms with Crippen molar-refractivity contribution < 1.29 is 14.3 Å². The van der Waals surface area contributed by atoms with Gasteiger partial charge in [0.25, 0.3) is 0 Å². The predicted octanol–water partition coefficient (Wildman–Crippen LogP) is 3.72. The summed E-state index contributed by atoms with van der Waals surface area (Å²) in [5, 5.41) is 0. The fourth-order valence-electron chi connectivity index (χ4n) is 2.80. The van der Waals surface area contributed by atoms with Crippen molar-refractivity contribution in [1.82, 2.24) is 0 Å². The van der Waals surface area contributed by atoms with E-state index in [9.17, 15) is 9.59 Å². The zero-order valence-electron chi connectivity index (χ0n) is 12.7. The zero-order chi connectivity index (χ0) is 16.4. The minimum atomic E-state index is -0.374. The zero-order valence-corrected chi connectivity index (χ0v) is 14.3. The van der Waals surface area contributed by atoms with Gasteiger partial charge in [-0.25, -0.2) is 4.79 Å². The van der Waals surface area contributed by atoms with Gasteiger partial charge in [0.15, 0.2) is 0 Å². The summed E-state index contributed by atoms with van der Waals surface area (Å²) in [7, 11) is 1.36. The van der Waals surface area contributed by atoms with Gasteiger partial charge in [0.2, 0.25) is 5.91 Å². The quantitative estimate of drug-likeness (QED) is 0.770. The lowest BCUT2D eigenvalue weighted by atomic mass is 10.00. The number of hydrogen-bond donors (Lipinski definition) is 0. The van der Waals surface area contributed by atoms with Crippen LogP contribution in [-0.4, -0.2) is 19.0 Å². The predicted molar refractivity (Wildman–Crippen MR) is 91.4 cm³/mol. The molecule has 23 heavy (non-hydrogen) atoms. The van der Waals surface area contributed by atoms with E-state index in [1.807, 2.05) is 18.2 Å². The minimum Gasteiger partial charge on any atom is -0.465 e. The largest absolute Gasteiger partial charge is 0.465 e. The summed E-state index contributed by atoms with van der Waals surface area (Å²) < 4.78 is 5.76. The Morgan fingerprint density at radius 1 is 1.22 bits per heavy atom. The highest BCUT2D eigenvalue weighted by atomic mass is 79.9. The monoisotopic (exact) mass is 373 g/mol. The van der Waals surface area contributed by atoms with E-state index in [0.29, 0.717) is 18.5 Å². The summed E-state index contributed by atoms with van der Waals surface area (Å²) in [6, 6.07) is 13.1. The van der Waals surface area contributed by atoms with Crippen molar-refractivity contribution in [2.75, 3.05) is 12.0 Å². The Morgan fingerprint density at radius 3 is 2.83 bits per heavy atom. The number of methoxy groups -OCH3 is 1. The van der Waals surface area contributed by atoms with Crippen LogP contribution in [0, 0.1) is 0 Å². The van der Waals surface area contributed by atoms with E-state index in [1.54, 1.807) is 23.1 Å². The lowest BCUT2D eigenvalue weighted by Gasteiger charge is -2.29. The van der Waals surface area contributed by atoms with Crippen LogP contribution in [0.25, 0.3) is 0 Å². The van der Waals surface area contributed by atoms with Crippen LogP contribution < -0.4 is 4.90 Å². The SMILES string of the molecule is COC(=O)c1cccc(CN2C(=O)CCc3cc(Br)ccc32)c1. The lowest BCUT2D eigenvalue weighted by Crippen LogP contribution is -2.34. The third-order valence-electron chi connectivity index (χ3n) is 3.93. The molecule has 0 saturated heterocycles. The van der Waals surface area contributed by atoms with Gasteiger partial charge in [-0.15, -0.1) is 0 Å². The molecule has 0 spiro atoms. The highest BCUT2D eigenvalue weighted by Gasteiger charge is 2.24. The molecule has 1 amide bonds. The summed E-state index contributed by atoms with van der Waals surface area (Å²) >= 11 is 3.47. The van der Waals surface area contributed by atoms with E-state index in [-0.39, 0.29) is 11.9 Å². The smallest absolute Gasteiger partial charge is 0.337 e. The molecule has 0 atom stereocenters. The molecule has 4 nitrogen and oxygen atoms in total. The number of ether oxygens (including phenoxy) is 1. The summed E-state index contributed by atoms with van der Waals surface area (Å²) in [5.74, 6) is -0.274. The molecule has 0 radical (unpaired) electrons. The number of esters is 1. The molecule has 0 unspecified atom stereocenters. The van der Waals surface area contributed by atoms with E-state index in [1.165, 1.54) is 7.11 Å². The van der Waals surface area contributed by atoms with Gasteiger partial charge >= 0.3 is 5.97 Å². The van der Waals surface area contributed by atoms with Crippen LogP contribution in [0.3, 0.4) is 0 Å². The van der Waals surface area contributed by atoms with Crippen LogP contribution >= 0.6 is 15.9 Å². The number of anilines is 1. The Labute approximate surface area is 143 Å². The number of rotatable bonds is 3. The summed E-state index contributed by atoms with van der Waals surface area (Å²) in [6.07, 6.45) is 1.26. The Hall–Kier alpha value is -2.14. The van der Waals surface area contributed by atoms with Crippen LogP contribution in [-0.2, 0) is 22.5 Å². The van der Waals surface area contributed by atoms with Crippen LogP contribution in [0.5, 0.6) is 0 Å². The van der Waals surface area contributed by atoms with Gasteiger partial charge in [-0.1, -0.05) is 28.1 Å². The molecule has 2 aromatic rings. The van der Waals surface area contributed by atoms with Gasteiger partial charge < -0.3 is 9.64 Å². The number of nitrogens with zero attached hydrogens (tertiary/aromatic N) is 1. The molecular formula is C18H16BrNO3. The van der Waals surface area contributed by atoms with Gasteiger partial charge in [0.05, 0.1) is 19.2 Å². The second-order valence-electron chi connectivity index (χ2n) is 5.44. The summed E-state index contributed by atoms with van der Waals surface area (Å²) in [6.45, 7) is 0.443. The maximum absolute atomic E-state index is 12.3. The van der Waals surface area contributed by atoms with Gasteiger partial charge in [0, 0.05) is 16.6 Å². The Kier molecular flexibility index (Phi) is 4.48. The second-order valence-corrected chi connectivity index (χ2v) is 6.36. The normalized spacial score (nSPS) is 13.7.